The number of piperidine rings is 1. The van der Waals surface area contributed by atoms with Crippen LogP contribution >= 0.6 is 0 Å². The quantitative estimate of drug-likeness (QED) is 0.889. The van der Waals surface area contributed by atoms with Gasteiger partial charge in [-0.3, -0.25) is 4.79 Å². The van der Waals surface area contributed by atoms with Gasteiger partial charge in [0.1, 0.15) is 0 Å². The number of rotatable bonds is 5. The number of nitrogens with one attached hydrogen (secondary N) is 2. The summed E-state index contributed by atoms with van der Waals surface area (Å²) in [6.07, 6.45) is 3.95. The van der Waals surface area contributed by atoms with Crippen LogP contribution in [0.25, 0.3) is 11.1 Å². The van der Waals surface area contributed by atoms with Crippen LogP contribution in [0, 0.1) is 0 Å². The van der Waals surface area contributed by atoms with Crippen LogP contribution < -0.4 is 10.9 Å². The van der Waals surface area contributed by atoms with Crippen LogP contribution in [-0.4, -0.2) is 41.3 Å². The topological polar surface area (TPSA) is 61.0 Å². The molecule has 5 heteroatoms. The molecular formula is C17H22N4O. The number of aromatic nitrogens is 2. The van der Waals surface area contributed by atoms with Gasteiger partial charge in [0.05, 0.1) is 0 Å². The molecule has 1 fully saturated rings. The summed E-state index contributed by atoms with van der Waals surface area (Å²) in [5.74, 6) is 0.739. The molecule has 1 saturated heterocycles. The molecule has 2 aromatic rings. The van der Waals surface area contributed by atoms with E-state index in [1.807, 2.05) is 30.3 Å². The zero-order valence-corrected chi connectivity index (χ0v) is 12.7. The van der Waals surface area contributed by atoms with Crippen molar-refractivity contribution in [2.75, 3.05) is 31.5 Å². The normalized spacial score (nSPS) is 15.6. The number of likely N-dealkylation sites (tertiary alicyclic amines) is 1. The highest BCUT2D eigenvalue weighted by Crippen LogP contribution is 2.23. The van der Waals surface area contributed by atoms with Gasteiger partial charge in [-0.05, 0) is 31.5 Å². The minimum atomic E-state index is -0.180. The summed E-state index contributed by atoms with van der Waals surface area (Å²) in [6.45, 7) is 4.21. The maximum Gasteiger partial charge on any atom is 0.264 e. The molecule has 1 aliphatic rings. The largest absolute Gasteiger partial charge is 0.367 e. The van der Waals surface area contributed by atoms with E-state index in [9.17, 15) is 4.79 Å². The standard InChI is InChI=1S/C17H22N4O/c22-16-13-15(14-7-3-1-4-8-14)17(20-19-16)18-9-12-21-10-5-2-6-11-21/h1,3-4,7-8,13H,2,5-6,9-12H2,(H,18,20)(H,19,22). The SMILES string of the molecule is O=c1cc(-c2ccccc2)c(NCCN2CCCCC2)n[nH]1. The van der Waals surface area contributed by atoms with Crippen molar-refractivity contribution in [3.63, 3.8) is 0 Å². The third kappa shape index (κ3) is 3.74. The Bertz CT molecular complexity index is 647. The maximum atomic E-state index is 11.6. The summed E-state index contributed by atoms with van der Waals surface area (Å²) in [7, 11) is 0. The number of nitrogens with zero attached hydrogens (tertiary/aromatic N) is 2. The molecule has 0 aliphatic carbocycles. The molecule has 116 valence electrons. The summed E-state index contributed by atoms with van der Waals surface area (Å²) < 4.78 is 0. The van der Waals surface area contributed by atoms with E-state index in [2.05, 4.69) is 20.4 Å². The third-order valence-electron chi connectivity index (χ3n) is 4.06. The second kappa shape index (κ2) is 7.22. The molecule has 0 amide bonds. The van der Waals surface area contributed by atoms with Crippen LogP contribution in [0.4, 0.5) is 5.82 Å². The van der Waals surface area contributed by atoms with Gasteiger partial charge in [0.2, 0.25) is 0 Å². The van der Waals surface area contributed by atoms with Crippen molar-refractivity contribution in [1.29, 1.82) is 0 Å². The molecule has 1 aliphatic heterocycles. The van der Waals surface area contributed by atoms with E-state index in [4.69, 9.17) is 0 Å². The smallest absolute Gasteiger partial charge is 0.264 e. The van der Waals surface area contributed by atoms with Crippen LogP contribution in [0.1, 0.15) is 19.3 Å². The zero-order chi connectivity index (χ0) is 15.2. The van der Waals surface area contributed by atoms with Crippen molar-refractivity contribution in [3.8, 4) is 11.1 Å². The summed E-state index contributed by atoms with van der Waals surface area (Å²) in [4.78, 5) is 14.1. The summed E-state index contributed by atoms with van der Waals surface area (Å²) in [5, 5.41) is 10.1. The number of aromatic amines is 1. The molecule has 0 atom stereocenters. The second-order valence-electron chi connectivity index (χ2n) is 5.69. The predicted molar refractivity (Wildman–Crippen MR) is 89.1 cm³/mol. The molecule has 0 saturated carbocycles. The number of anilines is 1. The van der Waals surface area contributed by atoms with Gasteiger partial charge in [0, 0.05) is 24.7 Å². The highest BCUT2D eigenvalue weighted by atomic mass is 16.1. The minimum absolute atomic E-state index is 0.180. The molecule has 1 aromatic carbocycles. The van der Waals surface area contributed by atoms with E-state index < -0.39 is 0 Å². The predicted octanol–water partition coefficient (Wildman–Crippen LogP) is 2.33. The van der Waals surface area contributed by atoms with Gasteiger partial charge < -0.3 is 10.2 Å². The maximum absolute atomic E-state index is 11.6. The lowest BCUT2D eigenvalue weighted by Gasteiger charge is -2.26. The fourth-order valence-electron chi connectivity index (χ4n) is 2.89. The first kappa shape index (κ1) is 14.8. The molecule has 0 radical (unpaired) electrons. The molecule has 5 nitrogen and oxygen atoms in total. The number of hydrogen-bond donors (Lipinski definition) is 2. The van der Waals surface area contributed by atoms with Gasteiger partial charge in [-0.1, -0.05) is 36.8 Å². The fourth-order valence-corrected chi connectivity index (χ4v) is 2.89. The molecule has 0 bridgehead atoms. The first-order chi connectivity index (χ1) is 10.8. The summed E-state index contributed by atoms with van der Waals surface area (Å²) in [6, 6.07) is 11.5. The summed E-state index contributed by atoms with van der Waals surface area (Å²) >= 11 is 0. The molecule has 2 heterocycles. The van der Waals surface area contributed by atoms with Crippen molar-refractivity contribution >= 4 is 5.82 Å². The van der Waals surface area contributed by atoms with Crippen LogP contribution in [0.15, 0.2) is 41.2 Å². The van der Waals surface area contributed by atoms with Crippen molar-refractivity contribution < 1.29 is 0 Å². The molecule has 0 unspecified atom stereocenters. The number of hydrogen-bond acceptors (Lipinski definition) is 4. The van der Waals surface area contributed by atoms with Gasteiger partial charge in [-0.25, -0.2) is 5.10 Å². The molecular weight excluding hydrogens is 276 g/mol. The van der Waals surface area contributed by atoms with Crippen molar-refractivity contribution in [2.45, 2.75) is 19.3 Å². The fraction of sp³-hybridized carbons (Fsp3) is 0.412. The van der Waals surface area contributed by atoms with Crippen LogP contribution in [0.5, 0.6) is 0 Å². The van der Waals surface area contributed by atoms with Crippen molar-refractivity contribution in [2.24, 2.45) is 0 Å². The zero-order valence-electron chi connectivity index (χ0n) is 12.7. The Kier molecular flexibility index (Phi) is 4.85. The van der Waals surface area contributed by atoms with Crippen LogP contribution in [-0.2, 0) is 0 Å². The van der Waals surface area contributed by atoms with Crippen LogP contribution in [0.2, 0.25) is 0 Å². The third-order valence-corrected chi connectivity index (χ3v) is 4.06. The Morgan fingerprint density at radius 1 is 1.14 bits per heavy atom. The highest BCUT2D eigenvalue weighted by Gasteiger charge is 2.11. The Balaban J connectivity index is 1.69. The Morgan fingerprint density at radius 3 is 2.68 bits per heavy atom. The van der Waals surface area contributed by atoms with E-state index in [-0.39, 0.29) is 5.56 Å². The van der Waals surface area contributed by atoms with Gasteiger partial charge >= 0.3 is 0 Å². The van der Waals surface area contributed by atoms with Crippen molar-refractivity contribution in [3.05, 3.63) is 46.8 Å². The lowest BCUT2D eigenvalue weighted by Crippen LogP contribution is -2.34. The Hall–Kier alpha value is -2.14. The molecule has 2 N–H and O–H groups in total. The van der Waals surface area contributed by atoms with Gasteiger partial charge in [-0.15, -0.1) is 0 Å². The minimum Gasteiger partial charge on any atom is -0.367 e. The van der Waals surface area contributed by atoms with E-state index >= 15 is 0 Å². The second-order valence-corrected chi connectivity index (χ2v) is 5.69. The Labute approximate surface area is 130 Å². The average Bonchev–Trinajstić information content (AvgIpc) is 2.58. The Morgan fingerprint density at radius 2 is 1.91 bits per heavy atom. The highest BCUT2D eigenvalue weighted by molar-refractivity contribution is 5.74. The average molecular weight is 298 g/mol. The van der Waals surface area contributed by atoms with Gasteiger partial charge in [0.25, 0.3) is 5.56 Å². The van der Waals surface area contributed by atoms with Gasteiger partial charge in [0.15, 0.2) is 5.82 Å². The number of benzene rings is 1. The lowest BCUT2D eigenvalue weighted by molar-refractivity contribution is 0.237. The van der Waals surface area contributed by atoms with E-state index in [1.165, 1.54) is 32.4 Å². The molecule has 22 heavy (non-hydrogen) atoms. The number of H-pyrrole nitrogens is 1. The van der Waals surface area contributed by atoms with Crippen molar-refractivity contribution in [1.82, 2.24) is 15.1 Å². The lowest BCUT2D eigenvalue weighted by atomic mass is 10.1. The van der Waals surface area contributed by atoms with E-state index in [1.54, 1.807) is 6.07 Å². The van der Waals surface area contributed by atoms with Crippen LogP contribution in [0.3, 0.4) is 0 Å². The van der Waals surface area contributed by atoms with Gasteiger partial charge in [-0.2, -0.15) is 5.10 Å². The monoisotopic (exact) mass is 298 g/mol. The van der Waals surface area contributed by atoms with E-state index in [0.717, 1.165) is 30.0 Å². The molecule has 1 aromatic heterocycles. The first-order valence-electron chi connectivity index (χ1n) is 7.94. The van der Waals surface area contributed by atoms with E-state index in [0.29, 0.717) is 0 Å². The summed E-state index contributed by atoms with van der Waals surface area (Å²) in [5.41, 5.74) is 1.67. The first-order valence-corrected chi connectivity index (χ1v) is 7.94. The molecule has 0 spiro atoms. The molecule has 3 rings (SSSR count).